The van der Waals surface area contributed by atoms with Gasteiger partial charge in [-0.15, -0.1) is 0 Å². The molecule has 1 fully saturated rings. The fraction of sp³-hybridized carbons (Fsp3) is 0.500. The van der Waals surface area contributed by atoms with Gasteiger partial charge < -0.3 is 10.6 Å². The molecular weight excluding hydrogens is 266 g/mol. The fourth-order valence-corrected chi connectivity index (χ4v) is 2.46. The first-order chi connectivity index (χ1) is 7.75. The van der Waals surface area contributed by atoms with E-state index in [1.54, 1.807) is 0 Å². The summed E-state index contributed by atoms with van der Waals surface area (Å²) in [5, 5.41) is 6.81. The lowest BCUT2D eigenvalue weighted by molar-refractivity contribution is 0.256. The van der Waals surface area contributed by atoms with Gasteiger partial charge in [-0.1, -0.05) is 6.07 Å². The van der Waals surface area contributed by atoms with Crippen LogP contribution in [0.15, 0.2) is 22.7 Å². The predicted molar refractivity (Wildman–Crippen MR) is 71.8 cm³/mol. The minimum absolute atomic E-state index is 0.920. The molecule has 1 aliphatic rings. The lowest BCUT2D eigenvalue weighted by Crippen LogP contribution is -2.45. The summed E-state index contributed by atoms with van der Waals surface area (Å²) < 4.78 is 1.14. The van der Waals surface area contributed by atoms with Crippen molar-refractivity contribution in [3.63, 3.8) is 0 Å². The van der Waals surface area contributed by atoms with Gasteiger partial charge >= 0.3 is 0 Å². The first-order valence-corrected chi connectivity index (χ1v) is 6.48. The van der Waals surface area contributed by atoms with Crippen molar-refractivity contribution in [2.24, 2.45) is 0 Å². The van der Waals surface area contributed by atoms with Crippen LogP contribution in [0, 0.1) is 6.92 Å². The third kappa shape index (κ3) is 3.20. The lowest BCUT2D eigenvalue weighted by atomic mass is 10.2. The summed E-state index contributed by atoms with van der Waals surface area (Å²) in [6.07, 6.45) is 0. The van der Waals surface area contributed by atoms with Gasteiger partial charge in [0.1, 0.15) is 0 Å². The summed E-state index contributed by atoms with van der Waals surface area (Å²) in [4.78, 5) is 2.42. The van der Waals surface area contributed by atoms with Crippen LogP contribution in [-0.2, 0) is 0 Å². The summed E-state index contributed by atoms with van der Waals surface area (Å²) >= 11 is 3.58. The molecule has 0 unspecified atom stereocenters. The zero-order valence-electron chi connectivity index (χ0n) is 9.59. The molecule has 3 nitrogen and oxygen atoms in total. The van der Waals surface area contributed by atoms with Crippen molar-refractivity contribution < 1.29 is 0 Å². The molecule has 0 spiro atoms. The number of halogens is 1. The molecule has 0 aromatic heterocycles. The predicted octanol–water partition coefficient (Wildman–Crippen LogP) is 2.03. The van der Waals surface area contributed by atoms with E-state index in [1.165, 1.54) is 11.3 Å². The Morgan fingerprint density at radius 3 is 2.81 bits per heavy atom. The van der Waals surface area contributed by atoms with E-state index < -0.39 is 0 Å². The molecule has 0 aliphatic carbocycles. The molecule has 2 rings (SSSR count). The molecule has 0 amide bonds. The van der Waals surface area contributed by atoms with Gasteiger partial charge in [-0.3, -0.25) is 4.90 Å². The maximum absolute atomic E-state index is 3.58. The molecule has 1 aliphatic heterocycles. The van der Waals surface area contributed by atoms with Gasteiger partial charge in [0.15, 0.2) is 0 Å². The van der Waals surface area contributed by atoms with Crippen LogP contribution in [0.1, 0.15) is 5.56 Å². The van der Waals surface area contributed by atoms with E-state index in [1.807, 2.05) is 0 Å². The second-order valence-corrected chi connectivity index (χ2v) is 5.04. The first-order valence-electron chi connectivity index (χ1n) is 5.69. The molecule has 1 heterocycles. The molecule has 16 heavy (non-hydrogen) atoms. The largest absolute Gasteiger partial charge is 0.371 e. The van der Waals surface area contributed by atoms with E-state index in [9.17, 15) is 0 Å². The first kappa shape index (κ1) is 11.9. The molecule has 0 saturated carbocycles. The Kier molecular flexibility index (Phi) is 4.21. The highest BCUT2D eigenvalue weighted by atomic mass is 79.9. The van der Waals surface area contributed by atoms with Gasteiger partial charge in [-0.25, -0.2) is 0 Å². The second-order valence-electron chi connectivity index (χ2n) is 4.19. The number of anilines is 1. The molecule has 2 N–H and O–H groups in total. The van der Waals surface area contributed by atoms with Gasteiger partial charge in [-0.2, -0.15) is 0 Å². The zero-order chi connectivity index (χ0) is 11.4. The Hall–Kier alpha value is -0.580. The van der Waals surface area contributed by atoms with Crippen LogP contribution in [0.5, 0.6) is 0 Å². The number of piperazine rings is 1. The third-order valence-electron chi connectivity index (χ3n) is 2.83. The number of aryl methyl sites for hydroxylation is 1. The Morgan fingerprint density at radius 1 is 1.38 bits per heavy atom. The van der Waals surface area contributed by atoms with Gasteiger partial charge in [0.05, 0.1) is 6.67 Å². The van der Waals surface area contributed by atoms with E-state index in [0.717, 1.165) is 37.3 Å². The van der Waals surface area contributed by atoms with Crippen molar-refractivity contribution in [3.8, 4) is 0 Å². The van der Waals surface area contributed by atoms with Crippen molar-refractivity contribution in [3.05, 3.63) is 28.2 Å². The Bertz CT molecular complexity index is 348. The van der Waals surface area contributed by atoms with Crippen molar-refractivity contribution in [2.45, 2.75) is 6.92 Å². The molecule has 0 atom stereocenters. The minimum atomic E-state index is 0.920. The maximum atomic E-state index is 3.58. The van der Waals surface area contributed by atoms with Crippen LogP contribution in [0.25, 0.3) is 0 Å². The second kappa shape index (κ2) is 5.66. The summed E-state index contributed by atoms with van der Waals surface area (Å²) in [7, 11) is 0. The van der Waals surface area contributed by atoms with E-state index in [0.29, 0.717) is 0 Å². The van der Waals surface area contributed by atoms with E-state index in [-0.39, 0.29) is 0 Å². The van der Waals surface area contributed by atoms with E-state index in [2.05, 4.69) is 56.6 Å². The Morgan fingerprint density at radius 2 is 2.12 bits per heavy atom. The van der Waals surface area contributed by atoms with Crippen molar-refractivity contribution in [1.82, 2.24) is 10.2 Å². The number of nitrogens with one attached hydrogen (secondary N) is 2. The van der Waals surface area contributed by atoms with Crippen LogP contribution in [0.3, 0.4) is 0 Å². The van der Waals surface area contributed by atoms with Crippen molar-refractivity contribution in [2.75, 3.05) is 38.2 Å². The van der Waals surface area contributed by atoms with Crippen LogP contribution < -0.4 is 10.6 Å². The van der Waals surface area contributed by atoms with E-state index >= 15 is 0 Å². The molecule has 1 aromatic rings. The zero-order valence-corrected chi connectivity index (χ0v) is 11.2. The number of hydrogen-bond acceptors (Lipinski definition) is 3. The van der Waals surface area contributed by atoms with Crippen LogP contribution in [-0.4, -0.2) is 37.7 Å². The summed E-state index contributed by atoms with van der Waals surface area (Å²) in [6, 6.07) is 6.40. The Balaban J connectivity index is 1.88. The normalized spacial score (nSPS) is 17.4. The molecule has 0 radical (unpaired) electrons. The monoisotopic (exact) mass is 283 g/mol. The highest BCUT2D eigenvalue weighted by Gasteiger charge is 2.09. The fourth-order valence-electron chi connectivity index (χ4n) is 1.83. The number of hydrogen-bond donors (Lipinski definition) is 2. The molecule has 1 saturated heterocycles. The molecule has 1 aromatic carbocycles. The summed E-state index contributed by atoms with van der Waals surface area (Å²) in [5.74, 6) is 0. The van der Waals surface area contributed by atoms with E-state index in [4.69, 9.17) is 0 Å². The maximum Gasteiger partial charge on any atom is 0.0679 e. The van der Waals surface area contributed by atoms with Crippen LogP contribution in [0.4, 0.5) is 5.69 Å². The SMILES string of the molecule is Cc1ccc(NCN2CCNCC2)c(Br)c1. The average molecular weight is 284 g/mol. The highest BCUT2D eigenvalue weighted by Crippen LogP contribution is 2.23. The number of benzene rings is 1. The van der Waals surface area contributed by atoms with Gasteiger partial charge in [0.2, 0.25) is 0 Å². The molecular formula is C12H18BrN3. The van der Waals surface area contributed by atoms with Gasteiger partial charge in [0, 0.05) is 36.3 Å². The molecule has 88 valence electrons. The lowest BCUT2D eigenvalue weighted by Gasteiger charge is -2.27. The van der Waals surface area contributed by atoms with Gasteiger partial charge in [-0.05, 0) is 40.5 Å². The van der Waals surface area contributed by atoms with Crippen LogP contribution in [0.2, 0.25) is 0 Å². The quantitative estimate of drug-likeness (QED) is 0.889. The third-order valence-corrected chi connectivity index (χ3v) is 3.48. The topological polar surface area (TPSA) is 27.3 Å². The minimum Gasteiger partial charge on any atom is -0.371 e. The number of rotatable bonds is 3. The molecule has 0 bridgehead atoms. The average Bonchev–Trinajstić information content (AvgIpc) is 2.29. The standard InChI is InChI=1S/C12H18BrN3/c1-10-2-3-12(11(13)8-10)15-9-16-6-4-14-5-7-16/h2-3,8,14-15H,4-7,9H2,1H3. The highest BCUT2D eigenvalue weighted by molar-refractivity contribution is 9.10. The van der Waals surface area contributed by atoms with Crippen molar-refractivity contribution >= 4 is 21.6 Å². The Labute approximate surface area is 105 Å². The van der Waals surface area contributed by atoms with Crippen molar-refractivity contribution in [1.29, 1.82) is 0 Å². The summed E-state index contributed by atoms with van der Waals surface area (Å²) in [6.45, 7) is 7.45. The van der Waals surface area contributed by atoms with Gasteiger partial charge in [0.25, 0.3) is 0 Å². The summed E-state index contributed by atoms with van der Waals surface area (Å²) in [5.41, 5.74) is 2.45. The van der Waals surface area contributed by atoms with Crippen LogP contribution >= 0.6 is 15.9 Å². The number of nitrogens with zero attached hydrogens (tertiary/aromatic N) is 1. The smallest absolute Gasteiger partial charge is 0.0679 e. The molecule has 4 heteroatoms.